The summed E-state index contributed by atoms with van der Waals surface area (Å²) in [4.78, 5) is 129. The Hall–Kier alpha value is -13.9. The van der Waals surface area contributed by atoms with E-state index in [2.05, 4.69) is 81.7 Å². The number of nitrogens with zero attached hydrogens (tertiary/aromatic N) is 9. The third-order valence-corrected chi connectivity index (χ3v) is 19.1. The van der Waals surface area contributed by atoms with Gasteiger partial charge in [0.1, 0.15) is 47.5 Å². The Bertz CT molecular complexity index is 5240. The lowest BCUT2D eigenvalue weighted by molar-refractivity contribution is -0.189. The summed E-state index contributed by atoms with van der Waals surface area (Å²) < 4.78 is 23.0. The van der Waals surface area contributed by atoms with Gasteiger partial charge >= 0.3 is 24.1 Å². The summed E-state index contributed by atoms with van der Waals surface area (Å²) in [6, 6.07) is 58.4. The maximum absolute atomic E-state index is 14.8. The van der Waals surface area contributed by atoms with E-state index in [1.54, 1.807) is 72.2 Å². The van der Waals surface area contributed by atoms with Crippen molar-refractivity contribution in [3.05, 3.63) is 252 Å². The summed E-state index contributed by atoms with van der Waals surface area (Å²) in [5, 5.41) is 36.3. The topological polar surface area (TPSA) is 352 Å². The molecule has 0 saturated carbocycles. The van der Waals surface area contributed by atoms with Crippen molar-refractivity contribution in [3.63, 3.8) is 0 Å². The van der Waals surface area contributed by atoms with Crippen LogP contribution in [-0.4, -0.2) is 216 Å². The number of pyridine rings is 2. The summed E-state index contributed by atoms with van der Waals surface area (Å²) in [7, 11) is 0. The number of carbonyl (C=O) groups is 9. The first-order chi connectivity index (χ1) is 61.5. The minimum absolute atomic E-state index is 0.0421. The Morgan fingerprint density at radius 2 is 1.11 bits per heavy atom. The van der Waals surface area contributed by atoms with Crippen LogP contribution in [0.25, 0.3) is 21.8 Å². The average Bonchev–Trinajstić information content (AvgIpc) is 0.741. The number of carbonyl (C=O) groups excluding carboxylic acids is 8. The molecule has 672 valence electrons. The van der Waals surface area contributed by atoms with Crippen LogP contribution in [0.15, 0.2) is 213 Å². The zero-order valence-electron chi connectivity index (χ0n) is 73.2. The maximum Gasteiger partial charge on any atom is 0.334 e. The lowest BCUT2D eigenvalue weighted by Gasteiger charge is -2.55. The lowest BCUT2D eigenvalue weighted by atomic mass is 9.98. The first-order valence-electron chi connectivity index (χ1n) is 41.3. The van der Waals surface area contributed by atoms with Gasteiger partial charge in [0.25, 0.3) is 6.47 Å². The van der Waals surface area contributed by atoms with Crippen molar-refractivity contribution in [1.82, 2.24) is 76.8 Å². The number of alkyl halides is 1. The predicted octanol–water partition coefficient (Wildman–Crippen LogP) is 10.7. The van der Waals surface area contributed by atoms with Gasteiger partial charge in [0.15, 0.2) is 6.29 Å². The van der Waals surface area contributed by atoms with Crippen molar-refractivity contribution in [2.75, 3.05) is 70.9 Å². The quantitative estimate of drug-likeness (QED) is 0.00485. The van der Waals surface area contributed by atoms with E-state index in [-0.39, 0.29) is 127 Å². The van der Waals surface area contributed by atoms with E-state index < -0.39 is 60.1 Å². The Labute approximate surface area is 756 Å². The van der Waals surface area contributed by atoms with Crippen LogP contribution in [0.1, 0.15) is 94.3 Å². The van der Waals surface area contributed by atoms with Crippen LogP contribution in [0.2, 0.25) is 0 Å². The molecule has 3 atom stereocenters. The molecule has 10 amide bonds. The molecule has 0 radical (unpaired) electrons. The van der Waals surface area contributed by atoms with Gasteiger partial charge in [-0.3, -0.25) is 49.6 Å². The number of aromatic hydroxyl groups is 1. The Kier molecular flexibility index (Phi) is 41.7. The number of hydrogen-bond donors (Lipinski definition) is 8. The number of aromatic nitrogens is 2. The number of hydrogen-bond acceptors (Lipinski definition) is 19. The number of phenols is 1. The number of rotatable bonds is 32. The molecular formula is C97H112BrN15O15. The SMILES string of the molecule is C#CCBr.C#CCN(CC(=O)N[C@@H](Cc1ccc(OC(C)(C)C)cc1)C(=O)N(Cc1cccc2ncccc12)CC(OCC)OCC)NC(=O)NCc1ccccc1.C#CCN(CC(=O)OC(C)(C)C)NC(=O)NCc1ccccc1.C#CCN1CC(=O)N2[C@@H](Cc3ccc(O)cc3)C(=O)N(Cc3cccc4ncccc34)C[C@@H]2N1C(=O)NCc1ccccc1.O=CO. The van der Waals surface area contributed by atoms with Crippen molar-refractivity contribution in [2.24, 2.45) is 0 Å². The number of fused-ring (bicyclic) bond motifs is 3. The number of amides is 10. The number of urea groups is 3. The molecule has 128 heavy (non-hydrogen) atoms. The van der Waals surface area contributed by atoms with E-state index in [0.717, 1.165) is 60.8 Å². The Morgan fingerprint density at radius 1 is 0.609 bits per heavy atom. The molecule has 8 N–H and O–H groups in total. The van der Waals surface area contributed by atoms with E-state index in [0.29, 0.717) is 30.8 Å². The largest absolute Gasteiger partial charge is 0.508 e. The fourth-order valence-electron chi connectivity index (χ4n) is 13.5. The molecule has 2 aliphatic heterocycles. The number of nitrogens with one attached hydrogen (secondary N) is 6. The third kappa shape index (κ3) is 34.2. The molecule has 31 heteroatoms. The van der Waals surface area contributed by atoms with E-state index in [1.165, 1.54) is 19.9 Å². The molecule has 2 saturated heterocycles. The number of esters is 1. The summed E-state index contributed by atoms with van der Waals surface area (Å²) in [6.45, 7) is 16.6. The molecule has 0 spiro atoms. The fourth-order valence-corrected chi connectivity index (χ4v) is 13.5. The molecule has 0 unspecified atom stereocenters. The molecule has 30 nitrogen and oxygen atoms in total. The minimum Gasteiger partial charge on any atom is -0.508 e. The van der Waals surface area contributed by atoms with Crippen LogP contribution in [0.3, 0.4) is 0 Å². The molecule has 2 aromatic heterocycles. The summed E-state index contributed by atoms with van der Waals surface area (Å²) in [6.07, 6.45) is 23.6. The number of carboxylic acid groups (broad SMARTS) is 1. The molecule has 9 aromatic rings. The fraction of sp³-hybridized carbons (Fsp3) is 0.330. The van der Waals surface area contributed by atoms with Crippen LogP contribution in [0, 0.1) is 49.4 Å². The number of hydrazine groups is 3. The zero-order valence-corrected chi connectivity index (χ0v) is 74.8. The van der Waals surface area contributed by atoms with Gasteiger partial charge in [-0.15, -0.1) is 25.7 Å². The highest BCUT2D eigenvalue weighted by molar-refractivity contribution is 9.09. The van der Waals surface area contributed by atoms with Gasteiger partial charge in [-0.2, -0.15) is 15.0 Å². The monoisotopic (exact) mass is 1810 g/mol. The van der Waals surface area contributed by atoms with E-state index in [1.807, 2.05) is 211 Å². The Morgan fingerprint density at radius 3 is 1.60 bits per heavy atom. The molecule has 7 aromatic carbocycles. The highest BCUT2D eigenvalue weighted by Gasteiger charge is 2.51. The highest BCUT2D eigenvalue weighted by Crippen LogP contribution is 2.32. The molecule has 2 fully saturated rings. The number of phenolic OH excluding ortho intramolecular Hbond substituents is 1. The van der Waals surface area contributed by atoms with Gasteiger partial charge in [-0.25, -0.2) is 19.4 Å². The van der Waals surface area contributed by atoms with Gasteiger partial charge < -0.3 is 65.1 Å². The standard InChI is InChI=1S/C42H52N6O6.C34H32N6O4.C17H23N3O3.C3H3Br.CH2O2/c1-7-25-48(46-41(51)44-27-32-15-11-10-12-16-32)29-38(49)45-37(26-31-20-22-34(23-21-31)54-42(4,5)6)40(50)47(30-39(52-8-2)53-9-3)28-33-17-13-19-36-35(33)18-14-24-43-36;1-2-18-38-23-32(42)39-30(19-24-13-15-27(41)16-14-24)33(43)37(21-26-10-6-12-29-28(26)11-7-17-35-29)22-31(39)40(38)34(44)36-20-25-8-4-3-5-9-25;1-5-11-20(13-15(21)23-17(2,3)4)19-16(22)18-12-14-9-7-6-8-10-14;1-2-3-4;2-1-3/h1,10-24,37,39H,8-9,25-30H2,2-6H3,(H,45,49)(H2,44,46,51);1,3-17,30-31,41H,18-23H2,(H,36,44);1,6-10H,11-13H2,2-4H3,(H2,18,19,22);1H,3H2;1H,(H,2,3)/t37-;30-,31-;;;/m00.../s1. The predicted molar refractivity (Wildman–Crippen MR) is 493 cm³/mol. The van der Waals surface area contributed by atoms with Gasteiger partial charge in [0, 0.05) is 81.9 Å². The van der Waals surface area contributed by atoms with Crippen LogP contribution in [0.5, 0.6) is 11.5 Å². The van der Waals surface area contributed by atoms with Crippen LogP contribution < -0.4 is 36.9 Å². The zero-order chi connectivity index (χ0) is 93.0. The minimum atomic E-state index is -1.01. The third-order valence-electron chi connectivity index (χ3n) is 18.8. The Balaban J connectivity index is 0.000000270. The first kappa shape index (κ1) is 101. The van der Waals surface area contributed by atoms with E-state index in [4.69, 9.17) is 54.5 Å². The van der Waals surface area contributed by atoms with Crippen LogP contribution in [-0.2, 0) is 88.5 Å². The number of benzene rings is 7. The number of terminal acetylenes is 4. The van der Waals surface area contributed by atoms with Gasteiger partial charge in [0.2, 0.25) is 23.6 Å². The number of ether oxygens (including phenoxy) is 4. The molecule has 4 heterocycles. The van der Waals surface area contributed by atoms with Gasteiger partial charge in [0.05, 0.1) is 62.2 Å². The molecule has 11 rings (SSSR count). The summed E-state index contributed by atoms with van der Waals surface area (Å²) in [5.41, 5.74) is 12.0. The maximum atomic E-state index is 14.8. The van der Waals surface area contributed by atoms with Crippen molar-refractivity contribution in [1.29, 1.82) is 0 Å². The number of halogens is 1. The van der Waals surface area contributed by atoms with Crippen molar-refractivity contribution in [2.45, 2.75) is 137 Å². The van der Waals surface area contributed by atoms with Crippen LogP contribution >= 0.6 is 15.9 Å². The van der Waals surface area contributed by atoms with Gasteiger partial charge in [-0.1, -0.05) is 191 Å². The summed E-state index contributed by atoms with van der Waals surface area (Å²) >= 11 is 3.01. The molecule has 0 aliphatic carbocycles. The lowest BCUT2D eigenvalue weighted by Crippen LogP contribution is -2.76. The molecule has 0 bridgehead atoms. The first-order valence-corrected chi connectivity index (χ1v) is 42.4. The highest BCUT2D eigenvalue weighted by atomic mass is 79.9. The normalized spacial score (nSPS) is 13.6. The second-order valence-electron chi connectivity index (χ2n) is 30.8. The number of piperazine rings is 1. The van der Waals surface area contributed by atoms with Crippen molar-refractivity contribution in [3.8, 4) is 60.9 Å². The second kappa shape index (κ2) is 52.8. The average molecular weight is 1810 g/mol. The van der Waals surface area contributed by atoms with Crippen molar-refractivity contribution >= 4 is 91.9 Å². The van der Waals surface area contributed by atoms with Crippen molar-refractivity contribution < 1.29 is 72.3 Å². The van der Waals surface area contributed by atoms with Gasteiger partial charge in [-0.05, 0) is 143 Å². The second-order valence-corrected chi connectivity index (χ2v) is 31.4. The van der Waals surface area contributed by atoms with Crippen LogP contribution in [0.4, 0.5) is 14.4 Å². The van der Waals surface area contributed by atoms with E-state index >= 15 is 0 Å². The van der Waals surface area contributed by atoms with E-state index in [9.17, 15) is 43.5 Å². The molecule has 2 aliphatic rings. The molecular weight excluding hydrogens is 1700 g/mol. The smallest absolute Gasteiger partial charge is 0.334 e. The summed E-state index contributed by atoms with van der Waals surface area (Å²) in [5.74, 6) is 8.74.